The van der Waals surface area contributed by atoms with E-state index in [0.717, 1.165) is 4.90 Å². The number of fused-ring (bicyclic) bond motifs is 1. The van der Waals surface area contributed by atoms with Gasteiger partial charge in [0, 0.05) is 11.3 Å². The minimum Gasteiger partial charge on any atom is -0.302 e. The lowest BCUT2D eigenvalue weighted by molar-refractivity contribution is -0.127. The first-order valence-corrected chi connectivity index (χ1v) is 7.15. The van der Waals surface area contributed by atoms with E-state index in [1.54, 1.807) is 0 Å². The van der Waals surface area contributed by atoms with Crippen molar-refractivity contribution in [1.82, 2.24) is 9.80 Å². The number of carbonyl (C=O) groups is 2. The summed E-state index contributed by atoms with van der Waals surface area (Å²) in [4.78, 5) is 26.8. The van der Waals surface area contributed by atoms with Crippen LogP contribution in [0, 0.1) is 17.1 Å². The Hall–Kier alpha value is -2.07. The summed E-state index contributed by atoms with van der Waals surface area (Å²) >= 11 is 1.53. The Kier molecular flexibility index (Phi) is 3.10. The van der Waals surface area contributed by atoms with Crippen LogP contribution in [0.3, 0.4) is 0 Å². The molecule has 1 unspecified atom stereocenters. The van der Waals surface area contributed by atoms with Gasteiger partial charge in [-0.25, -0.2) is 9.18 Å². The van der Waals surface area contributed by atoms with Gasteiger partial charge in [-0.1, -0.05) is 0 Å². The van der Waals surface area contributed by atoms with Gasteiger partial charge in [-0.3, -0.25) is 9.69 Å². The van der Waals surface area contributed by atoms with Crippen molar-refractivity contribution < 1.29 is 14.0 Å². The van der Waals surface area contributed by atoms with E-state index in [-0.39, 0.29) is 24.0 Å². The quantitative estimate of drug-likeness (QED) is 0.775. The summed E-state index contributed by atoms with van der Waals surface area (Å²) in [5, 5.41) is 8.82. The van der Waals surface area contributed by atoms with E-state index in [1.165, 1.54) is 34.9 Å². The molecule has 3 rings (SSSR count). The number of nitrogens with zero attached hydrogens (tertiary/aromatic N) is 3. The fourth-order valence-electron chi connectivity index (χ4n) is 2.35. The van der Waals surface area contributed by atoms with Crippen LogP contribution in [0.25, 0.3) is 0 Å². The average molecular weight is 291 g/mol. The highest BCUT2D eigenvalue weighted by Gasteiger charge is 2.47. The first-order chi connectivity index (χ1) is 9.61. The molecule has 0 spiro atoms. The molecule has 2 heterocycles. The third kappa shape index (κ3) is 1.93. The summed E-state index contributed by atoms with van der Waals surface area (Å²) in [7, 11) is 0. The molecule has 0 N–H and O–H groups in total. The van der Waals surface area contributed by atoms with Gasteiger partial charge in [-0.05, 0) is 18.2 Å². The molecule has 2 saturated heterocycles. The third-order valence-electron chi connectivity index (χ3n) is 3.41. The summed E-state index contributed by atoms with van der Waals surface area (Å²) in [6.07, 6.45) is 0. The van der Waals surface area contributed by atoms with Gasteiger partial charge < -0.3 is 4.90 Å². The molecular formula is C13H10FN3O2S. The third-order valence-corrected chi connectivity index (χ3v) is 4.43. The Balaban J connectivity index is 1.87. The first kappa shape index (κ1) is 12.9. The Morgan fingerprint density at radius 3 is 2.95 bits per heavy atom. The molecule has 2 fully saturated rings. The highest BCUT2D eigenvalue weighted by Crippen LogP contribution is 2.30. The molecule has 0 bridgehead atoms. The second-order valence-electron chi connectivity index (χ2n) is 4.61. The van der Waals surface area contributed by atoms with Crippen LogP contribution in [0.4, 0.5) is 9.18 Å². The minimum absolute atomic E-state index is 0.128. The molecule has 2 aliphatic heterocycles. The number of amides is 3. The number of imide groups is 1. The average Bonchev–Trinajstić information content (AvgIpc) is 3.01. The van der Waals surface area contributed by atoms with E-state index in [1.807, 2.05) is 6.07 Å². The van der Waals surface area contributed by atoms with E-state index >= 15 is 0 Å². The number of carbonyl (C=O) groups excluding carboxylic acids is 2. The molecule has 0 radical (unpaired) electrons. The maximum atomic E-state index is 13.7. The number of nitriles is 1. The number of urea groups is 1. The highest BCUT2D eigenvalue weighted by molar-refractivity contribution is 7.99. The Morgan fingerprint density at radius 1 is 1.45 bits per heavy atom. The molecular weight excluding hydrogens is 281 g/mol. The Labute approximate surface area is 118 Å². The van der Waals surface area contributed by atoms with Gasteiger partial charge in [-0.15, -0.1) is 11.8 Å². The predicted octanol–water partition coefficient (Wildman–Crippen LogP) is 1.53. The molecule has 102 valence electrons. The summed E-state index contributed by atoms with van der Waals surface area (Å²) in [5.74, 6) is 0.265. The zero-order valence-electron chi connectivity index (χ0n) is 10.4. The van der Waals surface area contributed by atoms with Crippen molar-refractivity contribution in [2.24, 2.45) is 0 Å². The van der Waals surface area contributed by atoms with Crippen LogP contribution in [0.15, 0.2) is 18.2 Å². The van der Waals surface area contributed by atoms with Crippen LogP contribution < -0.4 is 0 Å². The van der Waals surface area contributed by atoms with Gasteiger partial charge in [0.15, 0.2) is 0 Å². The highest BCUT2D eigenvalue weighted by atomic mass is 32.2. The molecule has 1 atom stereocenters. The van der Waals surface area contributed by atoms with Crippen molar-refractivity contribution in [3.63, 3.8) is 0 Å². The van der Waals surface area contributed by atoms with Gasteiger partial charge >= 0.3 is 6.03 Å². The van der Waals surface area contributed by atoms with E-state index in [4.69, 9.17) is 5.26 Å². The van der Waals surface area contributed by atoms with Crippen molar-refractivity contribution in [2.45, 2.75) is 12.6 Å². The number of rotatable bonds is 2. The standard InChI is InChI=1S/C13H10FN3O2S/c14-10-2-1-8(4-15)3-9(10)5-16-12(18)11-6-20-7-17(11)13(16)19/h1-3,11H,5-7H2. The first-order valence-electron chi connectivity index (χ1n) is 6.00. The van der Waals surface area contributed by atoms with E-state index < -0.39 is 11.9 Å². The van der Waals surface area contributed by atoms with Crippen LogP contribution in [0.1, 0.15) is 11.1 Å². The predicted molar refractivity (Wildman–Crippen MR) is 70.0 cm³/mol. The summed E-state index contributed by atoms with van der Waals surface area (Å²) in [6.45, 7) is -0.128. The molecule has 1 aromatic carbocycles. The Morgan fingerprint density at radius 2 is 2.25 bits per heavy atom. The lowest BCUT2D eigenvalue weighted by Crippen LogP contribution is -2.32. The van der Waals surface area contributed by atoms with Crippen LogP contribution in [0.5, 0.6) is 0 Å². The molecule has 20 heavy (non-hydrogen) atoms. The van der Waals surface area contributed by atoms with Crippen molar-refractivity contribution in [2.75, 3.05) is 11.6 Å². The SMILES string of the molecule is N#Cc1ccc(F)c(CN2C(=O)C3CSCN3C2=O)c1. The van der Waals surface area contributed by atoms with Gasteiger partial charge in [-0.2, -0.15) is 5.26 Å². The number of hydrogen-bond donors (Lipinski definition) is 0. The molecule has 5 nitrogen and oxygen atoms in total. The molecule has 0 aliphatic carbocycles. The van der Waals surface area contributed by atoms with Crippen molar-refractivity contribution in [3.05, 3.63) is 35.1 Å². The van der Waals surface area contributed by atoms with E-state index in [9.17, 15) is 14.0 Å². The normalized spacial score (nSPS) is 21.3. The van der Waals surface area contributed by atoms with Gasteiger partial charge in [0.1, 0.15) is 11.9 Å². The van der Waals surface area contributed by atoms with Crippen LogP contribution in [-0.2, 0) is 11.3 Å². The maximum absolute atomic E-state index is 13.7. The maximum Gasteiger partial charge on any atom is 0.328 e. The van der Waals surface area contributed by atoms with Gasteiger partial charge in [0.05, 0.1) is 24.1 Å². The van der Waals surface area contributed by atoms with Gasteiger partial charge in [0.25, 0.3) is 5.91 Å². The number of halogens is 1. The Bertz CT molecular complexity index is 621. The lowest BCUT2D eigenvalue weighted by atomic mass is 10.1. The molecule has 1 aromatic rings. The number of thioether (sulfide) groups is 1. The molecule has 3 amide bonds. The second kappa shape index (κ2) is 4.80. The topological polar surface area (TPSA) is 64.4 Å². The fraction of sp³-hybridized carbons (Fsp3) is 0.308. The molecule has 2 aliphatic rings. The van der Waals surface area contributed by atoms with Crippen molar-refractivity contribution in [3.8, 4) is 6.07 Å². The molecule has 0 aromatic heterocycles. The van der Waals surface area contributed by atoms with Gasteiger partial charge in [0.2, 0.25) is 0 Å². The van der Waals surface area contributed by atoms with Crippen LogP contribution >= 0.6 is 11.8 Å². The summed E-state index contributed by atoms with van der Waals surface area (Å²) in [5.41, 5.74) is 0.483. The lowest BCUT2D eigenvalue weighted by Gasteiger charge is -2.15. The van der Waals surface area contributed by atoms with Crippen LogP contribution in [0.2, 0.25) is 0 Å². The van der Waals surface area contributed by atoms with E-state index in [0.29, 0.717) is 17.2 Å². The zero-order valence-corrected chi connectivity index (χ0v) is 11.2. The van der Waals surface area contributed by atoms with Crippen molar-refractivity contribution >= 4 is 23.7 Å². The minimum atomic E-state index is -0.522. The van der Waals surface area contributed by atoms with Crippen molar-refractivity contribution in [1.29, 1.82) is 5.26 Å². The summed E-state index contributed by atoms with van der Waals surface area (Å²) in [6, 6.07) is 5.02. The largest absolute Gasteiger partial charge is 0.328 e. The number of benzene rings is 1. The number of hydrogen-bond acceptors (Lipinski definition) is 4. The van der Waals surface area contributed by atoms with E-state index in [2.05, 4.69) is 0 Å². The zero-order chi connectivity index (χ0) is 14.3. The van der Waals surface area contributed by atoms with Crippen LogP contribution in [-0.4, -0.2) is 39.4 Å². The smallest absolute Gasteiger partial charge is 0.302 e. The second-order valence-corrected chi connectivity index (χ2v) is 5.61. The molecule has 0 saturated carbocycles. The fourth-order valence-corrected chi connectivity index (χ4v) is 3.48. The summed E-state index contributed by atoms with van der Waals surface area (Å²) < 4.78 is 13.7. The molecule has 7 heteroatoms. The monoisotopic (exact) mass is 291 g/mol.